The third-order valence-electron chi connectivity index (χ3n) is 4.52. The summed E-state index contributed by atoms with van der Waals surface area (Å²) in [4.78, 5) is 25.6. The number of alkyl halides is 3. The van der Waals surface area contributed by atoms with Crippen LogP contribution in [0.3, 0.4) is 0 Å². The van der Waals surface area contributed by atoms with E-state index < -0.39 is 41.2 Å². The largest absolute Gasteiger partial charge is 0.416 e. The van der Waals surface area contributed by atoms with E-state index in [4.69, 9.17) is 11.6 Å². The molecular formula is C21H16ClF4N3O3. The fourth-order valence-corrected chi connectivity index (χ4v) is 2.97. The second-order valence-electron chi connectivity index (χ2n) is 6.90. The fraction of sp³-hybridized carbons (Fsp3) is 0.190. The molecule has 11 heteroatoms. The molecule has 0 unspecified atom stereocenters. The average molecular weight is 470 g/mol. The molecule has 0 saturated heterocycles. The molecule has 0 fully saturated rings. The van der Waals surface area contributed by atoms with Gasteiger partial charge in [-0.2, -0.15) is 23.0 Å². The van der Waals surface area contributed by atoms with Crippen LogP contribution in [0.5, 0.6) is 0 Å². The highest BCUT2D eigenvalue weighted by Crippen LogP contribution is 2.23. The number of nitrogens with one attached hydrogen (secondary N) is 1. The van der Waals surface area contributed by atoms with Crippen LogP contribution in [0.25, 0.3) is 16.9 Å². The molecule has 2 N–H and O–H groups in total. The number of hydrogen-bond donors (Lipinski definition) is 2. The summed E-state index contributed by atoms with van der Waals surface area (Å²) in [5.41, 5.74) is -0.977. The van der Waals surface area contributed by atoms with Crippen molar-refractivity contribution in [1.82, 2.24) is 15.1 Å². The molecule has 0 saturated carbocycles. The summed E-state index contributed by atoms with van der Waals surface area (Å²) < 4.78 is 52.7. The smallest absolute Gasteiger partial charge is 0.382 e. The van der Waals surface area contributed by atoms with Crippen LogP contribution in [0, 0.1) is 5.82 Å². The van der Waals surface area contributed by atoms with Crippen LogP contribution < -0.4 is 10.9 Å². The molecule has 0 spiro atoms. The predicted molar refractivity (Wildman–Crippen MR) is 109 cm³/mol. The van der Waals surface area contributed by atoms with Crippen molar-refractivity contribution in [3.8, 4) is 16.9 Å². The first kappa shape index (κ1) is 23.4. The highest BCUT2D eigenvalue weighted by molar-refractivity contribution is 6.30. The Labute approximate surface area is 184 Å². The van der Waals surface area contributed by atoms with Gasteiger partial charge in [-0.1, -0.05) is 29.8 Å². The number of hydrogen-bond acceptors (Lipinski definition) is 4. The van der Waals surface area contributed by atoms with Gasteiger partial charge in [0.1, 0.15) is 11.4 Å². The van der Waals surface area contributed by atoms with Crippen molar-refractivity contribution < 1.29 is 27.5 Å². The number of carbonyl (C=O) groups is 1. The van der Waals surface area contributed by atoms with E-state index in [2.05, 4.69) is 5.10 Å². The zero-order valence-corrected chi connectivity index (χ0v) is 17.2. The highest BCUT2D eigenvalue weighted by Gasteiger charge is 2.42. The number of halogens is 5. The van der Waals surface area contributed by atoms with E-state index in [9.17, 15) is 32.3 Å². The molecule has 0 bridgehead atoms. The van der Waals surface area contributed by atoms with Crippen molar-refractivity contribution in [2.45, 2.75) is 25.2 Å². The molecule has 3 rings (SSSR count). The van der Waals surface area contributed by atoms with Gasteiger partial charge in [0.25, 0.3) is 11.5 Å². The fourth-order valence-electron chi connectivity index (χ4n) is 2.85. The first-order chi connectivity index (χ1) is 15.0. The average Bonchev–Trinajstić information content (AvgIpc) is 2.73. The number of nitrogens with zero attached hydrogens (tertiary/aromatic N) is 2. The van der Waals surface area contributed by atoms with Gasteiger partial charge in [-0.25, -0.2) is 4.39 Å². The Bertz CT molecular complexity index is 1200. The van der Waals surface area contributed by atoms with Crippen LogP contribution >= 0.6 is 11.6 Å². The normalized spacial score (nSPS) is 13.5. The van der Waals surface area contributed by atoms with Crippen LogP contribution in [0.15, 0.2) is 59.4 Å². The van der Waals surface area contributed by atoms with Crippen molar-refractivity contribution in [2.24, 2.45) is 0 Å². The van der Waals surface area contributed by atoms with Crippen molar-refractivity contribution in [3.63, 3.8) is 0 Å². The highest BCUT2D eigenvalue weighted by atomic mass is 35.5. The number of aliphatic hydroxyl groups excluding tert-OH is 1. The summed E-state index contributed by atoms with van der Waals surface area (Å²) >= 11 is 5.88. The second kappa shape index (κ2) is 9.09. The van der Waals surface area contributed by atoms with Crippen molar-refractivity contribution in [2.75, 3.05) is 0 Å². The number of aromatic nitrogens is 2. The summed E-state index contributed by atoms with van der Waals surface area (Å²) in [7, 11) is 0. The molecule has 6 nitrogen and oxygen atoms in total. The van der Waals surface area contributed by atoms with E-state index in [0.717, 1.165) is 29.8 Å². The Morgan fingerprint density at radius 2 is 1.81 bits per heavy atom. The summed E-state index contributed by atoms with van der Waals surface area (Å²) in [5, 5.41) is 15.9. The molecule has 32 heavy (non-hydrogen) atoms. The molecule has 3 aromatic rings. The summed E-state index contributed by atoms with van der Waals surface area (Å²) in [6.45, 7) is 0.947. The van der Waals surface area contributed by atoms with Gasteiger partial charge >= 0.3 is 6.18 Å². The second-order valence-corrected chi connectivity index (χ2v) is 7.33. The Balaban J connectivity index is 2.11. The lowest BCUT2D eigenvalue weighted by atomic mass is 10.1. The maximum Gasteiger partial charge on any atom is 0.416 e. The Morgan fingerprint density at radius 1 is 1.16 bits per heavy atom. The molecule has 0 aliphatic carbocycles. The Kier molecular flexibility index (Phi) is 6.65. The predicted octanol–water partition coefficient (Wildman–Crippen LogP) is 3.73. The first-order valence-electron chi connectivity index (χ1n) is 9.19. The lowest BCUT2D eigenvalue weighted by Gasteiger charge is -2.22. The van der Waals surface area contributed by atoms with Crippen LogP contribution in [-0.2, 0) is 0 Å². The van der Waals surface area contributed by atoms with Gasteiger partial charge in [-0.05, 0) is 43.3 Å². The quantitative estimate of drug-likeness (QED) is 0.558. The van der Waals surface area contributed by atoms with E-state index >= 15 is 0 Å². The number of rotatable bonds is 5. The van der Waals surface area contributed by atoms with Gasteiger partial charge in [0.15, 0.2) is 6.10 Å². The minimum Gasteiger partial charge on any atom is -0.382 e. The van der Waals surface area contributed by atoms with Crippen molar-refractivity contribution in [1.29, 1.82) is 0 Å². The third-order valence-corrected chi connectivity index (χ3v) is 4.77. The van der Waals surface area contributed by atoms with Gasteiger partial charge in [-0.15, -0.1) is 0 Å². The van der Waals surface area contributed by atoms with Crippen LogP contribution in [0.2, 0.25) is 5.02 Å². The summed E-state index contributed by atoms with van der Waals surface area (Å²) in [5.74, 6) is -1.82. The molecular weight excluding hydrogens is 454 g/mol. The molecule has 1 aromatic heterocycles. The number of carbonyl (C=O) groups excluding carboxylic acids is 1. The molecule has 168 valence electrons. The molecule has 1 heterocycles. The van der Waals surface area contributed by atoms with Gasteiger partial charge in [0.05, 0.1) is 17.4 Å². The zero-order valence-electron chi connectivity index (χ0n) is 16.4. The number of aliphatic hydroxyl groups is 1. The lowest BCUT2D eigenvalue weighted by molar-refractivity contribution is -0.209. The standard InChI is InChI=1S/C21H16ClF4N3O3/c1-11(18(30)21(24,25)26)27-19(31)16-10-17(12-5-7-13(22)8-6-12)28-29(20(16)32)15-4-2-3-14(23)9-15/h2-11,18,30H,1H3,(H,27,31)/t11-,18+/m0/s1. The van der Waals surface area contributed by atoms with Gasteiger partial charge in [0, 0.05) is 10.6 Å². The molecule has 0 aliphatic rings. The third kappa shape index (κ3) is 5.14. The first-order valence-corrected chi connectivity index (χ1v) is 9.57. The lowest BCUT2D eigenvalue weighted by Crippen LogP contribution is -2.49. The van der Waals surface area contributed by atoms with E-state index in [0.29, 0.717) is 10.6 Å². The van der Waals surface area contributed by atoms with Crippen LogP contribution in [-0.4, -0.2) is 39.1 Å². The topological polar surface area (TPSA) is 84.2 Å². The summed E-state index contributed by atoms with van der Waals surface area (Å²) in [6, 6.07) is 10.4. The molecule has 1 amide bonds. The molecule has 2 aromatic carbocycles. The summed E-state index contributed by atoms with van der Waals surface area (Å²) in [6.07, 6.45) is -7.81. The van der Waals surface area contributed by atoms with Crippen molar-refractivity contribution in [3.05, 3.63) is 81.4 Å². The number of benzene rings is 2. The Morgan fingerprint density at radius 3 is 2.41 bits per heavy atom. The minimum atomic E-state index is -4.97. The maximum absolute atomic E-state index is 13.7. The maximum atomic E-state index is 13.7. The van der Waals surface area contributed by atoms with Crippen LogP contribution in [0.1, 0.15) is 17.3 Å². The van der Waals surface area contributed by atoms with E-state index in [-0.39, 0.29) is 11.4 Å². The van der Waals surface area contributed by atoms with E-state index in [1.54, 1.807) is 12.1 Å². The van der Waals surface area contributed by atoms with Gasteiger partial charge in [-0.3, -0.25) is 9.59 Å². The monoisotopic (exact) mass is 469 g/mol. The molecule has 0 aliphatic heterocycles. The van der Waals surface area contributed by atoms with Gasteiger partial charge < -0.3 is 10.4 Å². The van der Waals surface area contributed by atoms with Gasteiger partial charge in [0.2, 0.25) is 0 Å². The van der Waals surface area contributed by atoms with Crippen LogP contribution in [0.4, 0.5) is 17.6 Å². The van der Waals surface area contributed by atoms with E-state index in [1.807, 2.05) is 5.32 Å². The van der Waals surface area contributed by atoms with Crippen molar-refractivity contribution >= 4 is 17.5 Å². The Hall–Kier alpha value is -3.24. The zero-order chi connectivity index (χ0) is 23.6. The minimum absolute atomic E-state index is 0.00300. The molecule has 2 atom stereocenters. The number of amides is 1. The van der Waals surface area contributed by atoms with E-state index in [1.165, 1.54) is 24.3 Å². The molecule has 0 radical (unpaired) electrons. The SMILES string of the molecule is C[C@H](NC(=O)c1cc(-c2ccc(Cl)cc2)nn(-c2cccc(F)c2)c1=O)[C@@H](O)C(F)(F)F.